The smallest absolute Gasteiger partial charge is 0.274 e. The largest absolute Gasteiger partial charge is 0.383 e. The van der Waals surface area contributed by atoms with E-state index in [0.29, 0.717) is 13.2 Å². The van der Waals surface area contributed by atoms with Gasteiger partial charge in [-0.25, -0.2) is 9.07 Å². The lowest BCUT2D eigenvalue weighted by molar-refractivity contribution is 0.0725. The van der Waals surface area contributed by atoms with Gasteiger partial charge in [0.2, 0.25) is 0 Å². The summed E-state index contributed by atoms with van der Waals surface area (Å²) in [5.74, 6) is -0.524. The first-order valence-electron chi connectivity index (χ1n) is 8.23. The van der Waals surface area contributed by atoms with Crippen LogP contribution >= 0.6 is 0 Å². The lowest BCUT2D eigenvalue weighted by Crippen LogP contribution is -2.34. The number of methoxy groups -OCH3 is 1. The minimum Gasteiger partial charge on any atom is -0.383 e. The van der Waals surface area contributed by atoms with Gasteiger partial charge in [-0.15, -0.1) is 0 Å². The van der Waals surface area contributed by atoms with E-state index in [0.717, 1.165) is 18.4 Å². The molecule has 6 nitrogen and oxygen atoms in total. The maximum atomic E-state index is 13.1. The molecule has 1 amide bonds. The van der Waals surface area contributed by atoms with E-state index >= 15 is 0 Å². The Morgan fingerprint density at radius 1 is 1.28 bits per heavy atom. The van der Waals surface area contributed by atoms with Crippen LogP contribution in [0.15, 0.2) is 41.2 Å². The Hall–Kier alpha value is -2.54. The zero-order valence-electron chi connectivity index (χ0n) is 14.0. The number of rotatable bonds is 5. The van der Waals surface area contributed by atoms with Gasteiger partial charge >= 0.3 is 0 Å². The van der Waals surface area contributed by atoms with Gasteiger partial charge in [0.1, 0.15) is 11.5 Å². The number of hydrogen-bond acceptors (Lipinski definition) is 4. The van der Waals surface area contributed by atoms with Gasteiger partial charge in [0, 0.05) is 19.7 Å². The van der Waals surface area contributed by atoms with Crippen molar-refractivity contribution in [2.75, 3.05) is 20.3 Å². The van der Waals surface area contributed by atoms with E-state index in [1.165, 1.54) is 36.1 Å². The lowest BCUT2D eigenvalue weighted by atomic mass is 10.0. The van der Waals surface area contributed by atoms with Gasteiger partial charge in [-0.3, -0.25) is 9.59 Å². The Balaban J connectivity index is 1.84. The number of benzene rings is 1. The molecule has 0 N–H and O–H groups in total. The highest BCUT2D eigenvalue weighted by Gasteiger charge is 2.31. The van der Waals surface area contributed by atoms with Crippen molar-refractivity contribution in [2.24, 2.45) is 0 Å². The molecule has 0 aliphatic carbocycles. The molecule has 0 unspecified atom stereocenters. The summed E-state index contributed by atoms with van der Waals surface area (Å²) in [4.78, 5) is 26.4. The standard InChI is InChI=1S/C18H20FN3O3/c1-25-12-11-22-17(23)9-8-15(20-22)18(24)21-10-2-3-16(21)13-4-6-14(19)7-5-13/h4-9,16H,2-3,10-12H2,1H3/t16-/m1/s1. The summed E-state index contributed by atoms with van der Waals surface area (Å²) in [5, 5.41) is 4.17. The highest BCUT2D eigenvalue weighted by molar-refractivity contribution is 5.92. The summed E-state index contributed by atoms with van der Waals surface area (Å²) in [7, 11) is 1.54. The average Bonchev–Trinajstić information content (AvgIpc) is 3.11. The summed E-state index contributed by atoms with van der Waals surface area (Å²) < 4.78 is 19.3. The van der Waals surface area contributed by atoms with Crippen LogP contribution in [0.25, 0.3) is 0 Å². The molecule has 1 aliphatic heterocycles. The van der Waals surface area contributed by atoms with E-state index in [-0.39, 0.29) is 35.6 Å². The fourth-order valence-corrected chi connectivity index (χ4v) is 3.09. The van der Waals surface area contributed by atoms with Gasteiger partial charge in [-0.2, -0.15) is 5.10 Å². The molecule has 2 heterocycles. The van der Waals surface area contributed by atoms with E-state index in [9.17, 15) is 14.0 Å². The van der Waals surface area contributed by atoms with Gasteiger partial charge in [0.15, 0.2) is 0 Å². The van der Waals surface area contributed by atoms with Crippen LogP contribution in [0, 0.1) is 5.82 Å². The molecule has 0 spiro atoms. The zero-order valence-corrected chi connectivity index (χ0v) is 14.0. The predicted octanol–water partition coefficient (Wildman–Crippen LogP) is 2.01. The Kier molecular flexibility index (Phi) is 5.23. The first-order valence-corrected chi connectivity index (χ1v) is 8.23. The number of carbonyl (C=O) groups is 1. The minimum absolute atomic E-state index is 0.103. The molecule has 0 saturated carbocycles. The second kappa shape index (κ2) is 7.57. The van der Waals surface area contributed by atoms with Gasteiger partial charge in [0.05, 0.1) is 19.2 Å². The molecule has 0 radical (unpaired) electrons. The number of carbonyl (C=O) groups excluding carboxylic acids is 1. The Bertz CT molecular complexity index is 804. The van der Waals surface area contributed by atoms with Crippen molar-refractivity contribution >= 4 is 5.91 Å². The van der Waals surface area contributed by atoms with Crippen LogP contribution in [0.2, 0.25) is 0 Å². The second-order valence-corrected chi connectivity index (χ2v) is 5.98. The summed E-state index contributed by atoms with van der Waals surface area (Å²) in [6, 6.07) is 8.91. The summed E-state index contributed by atoms with van der Waals surface area (Å²) >= 11 is 0. The highest BCUT2D eigenvalue weighted by Crippen LogP contribution is 2.32. The van der Waals surface area contributed by atoms with Crippen LogP contribution in [0.4, 0.5) is 4.39 Å². The molecular formula is C18H20FN3O3. The monoisotopic (exact) mass is 345 g/mol. The minimum atomic E-state index is -0.300. The third-order valence-corrected chi connectivity index (χ3v) is 4.36. The number of ether oxygens (including phenoxy) is 1. The fraction of sp³-hybridized carbons (Fsp3) is 0.389. The summed E-state index contributed by atoms with van der Waals surface area (Å²) in [5.41, 5.74) is 0.856. The molecule has 2 aromatic rings. The van der Waals surface area contributed by atoms with Gasteiger partial charge in [0.25, 0.3) is 11.5 Å². The van der Waals surface area contributed by atoms with Crippen molar-refractivity contribution in [1.29, 1.82) is 0 Å². The molecule has 1 atom stereocenters. The van der Waals surface area contributed by atoms with Crippen molar-refractivity contribution in [3.05, 3.63) is 63.8 Å². The Labute approximate surface area is 144 Å². The molecule has 25 heavy (non-hydrogen) atoms. The van der Waals surface area contributed by atoms with E-state index in [4.69, 9.17) is 4.74 Å². The van der Waals surface area contributed by atoms with Crippen LogP contribution in [0.3, 0.4) is 0 Å². The average molecular weight is 345 g/mol. The van der Waals surface area contributed by atoms with E-state index < -0.39 is 0 Å². The molecule has 1 fully saturated rings. The normalized spacial score (nSPS) is 17.0. The van der Waals surface area contributed by atoms with E-state index in [2.05, 4.69) is 5.10 Å². The number of halogens is 1. The number of aromatic nitrogens is 2. The molecule has 1 aliphatic rings. The predicted molar refractivity (Wildman–Crippen MR) is 89.8 cm³/mol. The fourth-order valence-electron chi connectivity index (χ4n) is 3.09. The second-order valence-electron chi connectivity index (χ2n) is 5.98. The lowest BCUT2D eigenvalue weighted by Gasteiger charge is -2.25. The topological polar surface area (TPSA) is 64.4 Å². The van der Waals surface area contributed by atoms with Crippen LogP contribution in [0.5, 0.6) is 0 Å². The van der Waals surface area contributed by atoms with Crippen LogP contribution in [-0.4, -0.2) is 40.8 Å². The van der Waals surface area contributed by atoms with Crippen molar-refractivity contribution in [3.8, 4) is 0 Å². The number of likely N-dealkylation sites (tertiary alicyclic amines) is 1. The molecule has 1 aromatic heterocycles. The molecule has 0 bridgehead atoms. The Morgan fingerprint density at radius 2 is 2.04 bits per heavy atom. The summed E-state index contributed by atoms with van der Waals surface area (Å²) in [6.45, 7) is 1.24. The van der Waals surface area contributed by atoms with Gasteiger partial charge in [-0.05, 0) is 36.6 Å². The maximum absolute atomic E-state index is 13.1. The summed E-state index contributed by atoms with van der Waals surface area (Å²) in [6.07, 6.45) is 1.69. The number of amides is 1. The zero-order chi connectivity index (χ0) is 17.8. The molecule has 7 heteroatoms. The highest BCUT2D eigenvalue weighted by atomic mass is 19.1. The third kappa shape index (κ3) is 3.76. The van der Waals surface area contributed by atoms with Crippen molar-refractivity contribution < 1.29 is 13.9 Å². The van der Waals surface area contributed by atoms with E-state index in [1.807, 2.05) is 0 Å². The van der Waals surface area contributed by atoms with Gasteiger partial charge < -0.3 is 9.64 Å². The first kappa shape index (κ1) is 17.3. The van der Waals surface area contributed by atoms with Crippen molar-refractivity contribution in [3.63, 3.8) is 0 Å². The molecule has 1 saturated heterocycles. The van der Waals surface area contributed by atoms with Crippen molar-refractivity contribution in [2.45, 2.75) is 25.4 Å². The maximum Gasteiger partial charge on any atom is 0.274 e. The first-order chi connectivity index (χ1) is 12.1. The third-order valence-electron chi connectivity index (χ3n) is 4.36. The molecule has 132 valence electrons. The number of nitrogens with zero attached hydrogens (tertiary/aromatic N) is 3. The number of hydrogen-bond donors (Lipinski definition) is 0. The quantitative estimate of drug-likeness (QED) is 0.831. The van der Waals surface area contributed by atoms with Crippen molar-refractivity contribution in [1.82, 2.24) is 14.7 Å². The molecule has 1 aromatic carbocycles. The molecule has 3 rings (SSSR count). The van der Waals surface area contributed by atoms with Crippen LogP contribution < -0.4 is 5.56 Å². The van der Waals surface area contributed by atoms with Crippen LogP contribution in [0.1, 0.15) is 34.9 Å². The Morgan fingerprint density at radius 3 is 2.76 bits per heavy atom. The SMILES string of the molecule is COCCn1nc(C(=O)N2CCC[C@@H]2c2ccc(F)cc2)ccc1=O. The van der Waals surface area contributed by atoms with Gasteiger partial charge in [-0.1, -0.05) is 12.1 Å². The molecular weight excluding hydrogens is 325 g/mol. The van der Waals surface area contributed by atoms with Crippen LogP contribution in [-0.2, 0) is 11.3 Å². The van der Waals surface area contributed by atoms with E-state index in [1.54, 1.807) is 17.0 Å².